The van der Waals surface area contributed by atoms with E-state index in [1.54, 1.807) is 0 Å². The molecule has 1 N–H and O–H groups in total. The number of hydrogen-bond donors (Lipinski definition) is 1. The van der Waals surface area contributed by atoms with Crippen LogP contribution in [-0.4, -0.2) is 36.1 Å². The Labute approximate surface area is 90.7 Å². The van der Waals surface area contributed by atoms with Gasteiger partial charge in [0.15, 0.2) is 0 Å². The van der Waals surface area contributed by atoms with Gasteiger partial charge in [-0.05, 0) is 32.9 Å². The molecule has 2 heterocycles. The van der Waals surface area contributed by atoms with Crippen LogP contribution < -0.4 is 10.2 Å². The van der Waals surface area contributed by atoms with E-state index in [4.69, 9.17) is 0 Å². The molecule has 0 spiro atoms. The van der Waals surface area contributed by atoms with E-state index in [2.05, 4.69) is 20.2 Å². The molecule has 2 rings (SSSR count). The van der Waals surface area contributed by atoms with Crippen LogP contribution in [0.1, 0.15) is 18.7 Å². The molecule has 1 aliphatic heterocycles. The monoisotopic (exact) mass is 206 g/mol. The van der Waals surface area contributed by atoms with Gasteiger partial charge >= 0.3 is 0 Å². The molecule has 0 saturated carbocycles. The van der Waals surface area contributed by atoms with Gasteiger partial charge in [-0.3, -0.25) is 0 Å². The topological polar surface area (TPSA) is 41.0 Å². The van der Waals surface area contributed by atoms with E-state index in [-0.39, 0.29) is 0 Å². The Hall–Kier alpha value is -1.16. The van der Waals surface area contributed by atoms with Crippen LogP contribution >= 0.6 is 0 Å². The summed E-state index contributed by atoms with van der Waals surface area (Å²) >= 11 is 0. The first kappa shape index (κ1) is 10.4. The second-order valence-electron chi connectivity index (χ2n) is 4.01. The Balaban J connectivity index is 2.15. The molecular formula is C11H18N4. The van der Waals surface area contributed by atoms with Gasteiger partial charge in [-0.2, -0.15) is 0 Å². The summed E-state index contributed by atoms with van der Waals surface area (Å²) in [4.78, 5) is 11.0. The largest absolute Gasteiger partial charge is 0.352 e. The number of nitrogens with zero attached hydrogens (tertiary/aromatic N) is 3. The van der Waals surface area contributed by atoms with E-state index in [0.717, 1.165) is 24.7 Å². The van der Waals surface area contributed by atoms with Crippen LogP contribution in [0.3, 0.4) is 0 Å². The normalized spacial score (nSPS) is 20.9. The molecule has 4 nitrogen and oxygen atoms in total. The van der Waals surface area contributed by atoms with Crippen LogP contribution in [0, 0.1) is 6.92 Å². The molecule has 4 heteroatoms. The summed E-state index contributed by atoms with van der Waals surface area (Å²) in [5, 5.41) is 3.24. The highest BCUT2D eigenvalue weighted by Gasteiger charge is 2.24. The lowest BCUT2D eigenvalue weighted by Gasteiger charge is -2.25. The molecule has 1 fully saturated rings. The first-order valence-electron chi connectivity index (χ1n) is 5.52. The Morgan fingerprint density at radius 3 is 3.20 bits per heavy atom. The minimum atomic E-state index is 0.587. The van der Waals surface area contributed by atoms with E-state index < -0.39 is 0 Å². The molecule has 1 atom stereocenters. The van der Waals surface area contributed by atoms with Gasteiger partial charge in [-0.25, -0.2) is 9.97 Å². The zero-order valence-electron chi connectivity index (χ0n) is 9.40. The first-order chi connectivity index (χ1) is 7.31. The molecule has 1 saturated heterocycles. The highest BCUT2D eigenvalue weighted by Crippen LogP contribution is 2.22. The first-order valence-corrected chi connectivity index (χ1v) is 5.52. The van der Waals surface area contributed by atoms with Gasteiger partial charge in [-0.1, -0.05) is 0 Å². The molecule has 0 bridgehead atoms. The van der Waals surface area contributed by atoms with Gasteiger partial charge in [0.1, 0.15) is 11.6 Å². The van der Waals surface area contributed by atoms with Gasteiger partial charge in [0.25, 0.3) is 0 Å². The lowest BCUT2D eigenvalue weighted by molar-refractivity contribution is 0.611. The van der Waals surface area contributed by atoms with Gasteiger partial charge in [0, 0.05) is 25.3 Å². The van der Waals surface area contributed by atoms with Crippen LogP contribution in [0.5, 0.6) is 0 Å². The molecule has 15 heavy (non-hydrogen) atoms. The minimum absolute atomic E-state index is 0.587. The average Bonchev–Trinajstić information content (AvgIpc) is 2.66. The second-order valence-corrected chi connectivity index (χ2v) is 4.01. The molecule has 0 radical (unpaired) electrons. The molecule has 0 aromatic carbocycles. The summed E-state index contributed by atoms with van der Waals surface area (Å²) in [6.45, 7) is 4.08. The van der Waals surface area contributed by atoms with Gasteiger partial charge in [0.05, 0.1) is 0 Å². The highest BCUT2D eigenvalue weighted by molar-refractivity contribution is 5.40. The fourth-order valence-electron chi connectivity index (χ4n) is 2.19. The molecular weight excluding hydrogens is 188 g/mol. The molecule has 0 aliphatic carbocycles. The van der Waals surface area contributed by atoms with Crippen molar-refractivity contribution in [2.24, 2.45) is 0 Å². The predicted molar refractivity (Wildman–Crippen MR) is 61.1 cm³/mol. The molecule has 1 unspecified atom stereocenters. The number of aryl methyl sites for hydroxylation is 1. The fraction of sp³-hybridized carbons (Fsp3) is 0.636. The quantitative estimate of drug-likeness (QED) is 0.800. The van der Waals surface area contributed by atoms with Gasteiger partial charge in [0.2, 0.25) is 0 Å². The maximum absolute atomic E-state index is 4.47. The Kier molecular flexibility index (Phi) is 3.16. The van der Waals surface area contributed by atoms with Crippen molar-refractivity contribution in [3.8, 4) is 0 Å². The van der Waals surface area contributed by atoms with Crippen LogP contribution in [0.4, 0.5) is 5.82 Å². The van der Waals surface area contributed by atoms with E-state index in [1.807, 2.05) is 26.2 Å². The van der Waals surface area contributed by atoms with Crippen molar-refractivity contribution in [2.45, 2.75) is 25.8 Å². The summed E-state index contributed by atoms with van der Waals surface area (Å²) < 4.78 is 0. The molecule has 1 aromatic rings. The molecule has 1 aliphatic rings. The third-order valence-corrected chi connectivity index (χ3v) is 2.87. The summed E-state index contributed by atoms with van der Waals surface area (Å²) in [6, 6.07) is 2.59. The van der Waals surface area contributed by atoms with E-state index >= 15 is 0 Å². The SMILES string of the molecule is CNCC1CCCN1c1ccnc(C)n1. The lowest BCUT2D eigenvalue weighted by Crippen LogP contribution is -2.37. The smallest absolute Gasteiger partial charge is 0.132 e. The third-order valence-electron chi connectivity index (χ3n) is 2.87. The zero-order chi connectivity index (χ0) is 10.7. The van der Waals surface area contributed by atoms with Crippen molar-refractivity contribution in [3.63, 3.8) is 0 Å². The van der Waals surface area contributed by atoms with E-state index in [9.17, 15) is 0 Å². The summed E-state index contributed by atoms with van der Waals surface area (Å²) in [6.07, 6.45) is 4.35. The number of hydrogen-bond acceptors (Lipinski definition) is 4. The van der Waals surface area contributed by atoms with Gasteiger partial charge in [-0.15, -0.1) is 0 Å². The Morgan fingerprint density at radius 1 is 1.60 bits per heavy atom. The van der Waals surface area contributed by atoms with E-state index in [0.29, 0.717) is 6.04 Å². The number of rotatable bonds is 3. The Morgan fingerprint density at radius 2 is 2.47 bits per heavy atom. The standard InChI is InChI=1S/C11H18N4/c1-9-13-6-5-11(14-9)15-7-3-4-10(15)8-12-2/h5-6,10,12H,3-4,7-8H2,1-2H3. The Bertz CT molecular complexity index is 326. The van der Waals surface area contributed by atoms with Crippen molar-refractivity contribution in [1.29, 1.82) is 0 Å². The third kappa shape index (κ3) is 2.26. The van der Waals surface area contributed by atoms with Gasteiger partial charge < -0.3 is 10.2 Å². The predicted octanol–water partition coefficient (Wildman–Crippen LogP) is 0.973. The fourth-order valence-corrected chi connectivity index (χ4v) is 2.19. The van der Waals surface area contributed by atoms with Crippen LogP contribution in [0.25, 0.3) is 0 Å². The van der Waals surface area contributed by atoms with E-state index in [1.165, 1.54) is 12.8 Å². The number of anilines is 1. The second kappa shape index (κ2) is 4.57. The van der Waals surface area contributed by atoms with Crippen LogP contribution in [-0.2, 0) is 0 Å². The minimum Gasteiger partial charge on any atom is -0.352 e. The maximum Gasteiger partial charge on any atom is 0.132 e. The number of likely N-dealkylation sites (N-methyl/N-ethyl adjacent to an activating group) is 1. The van der Waals surface area contributed by atoms with Crippen LogP contribution in [0.2, 0.25) is 0 Å². The lowest BCUT2D eigenvalue weighted by atomic mass is 10.2. The van der Waals surface area contributed by atoms with Crippen molar-refractivity contribution >= 4 is 5.82 Å². The summed E-state index contributed by atoms with van der Waals surface area (Å²) in [7, 11) is 2.00. The zero-order valence-corrected chi connectivity index (χ0v) is 9.40. The average molecular weight is 206 g/mol. The summed E-state index contributed by atoms with van der Waals surface area (Å²) in [5.74, 6) is 1.92. The van der Waals surface area contributed by atoms with Crippen molar-refractivity contribution in [1.82, 2.24) is 15.3 Å². The van der Waals surface area contributed by atoms with Crippen molar-refractivity contribution in [2.75, 3.05) is 25.0 Å². The molecule has 0 amide bonds. The van der Waals surface area contributed by atoms with Crippen molar-refractivity contribution < 1.29 is 0 Å². The van der Waals surface area contributed by atoms with Crippen LogP contribution in [0.15, 0.2) is 12.3 Å². The highest BCUT2D eigenvalue weighted by atomic mass is 15.2. The summed E-state index contributed by atoms with van der Waals surface area (Å²) in [5.41, 5.74) is 0. The molecule has 1 aromatic heterocycles. The maximum atomic E-state index is 4.47. The molecule has 82 valence electrons. The number of aromatic nitrogens is 2. The van der Waals surface area contributed by atoms with Crippen molar-refractivity contribution in [3.05, 3.63) is 18.1 Å². The number of nitrogens with one attached hydrogen (secondary N) is 1.